The summed E-state index contributed by atoms with van der Waals surface area (Å²) in [6, 6.07) is 10.2. The molecule has 1 aromatic heterocycles. The molecule has 1 heterocycles. The van der Waals surface area contributed by atoms with Crippen molar-refractivity contribution in [2.75, 3.05) is 6.54 Å². The third-order valence-corrected chi connectivity index (χ3v) is 3.32. The van der Waals surface area contributed by atoms with E-state index in [4.69, 9.17) is 11.1 Å². The Balaban J connectivity index is 2.17. The first-order valence-electron chi connectivity index (χ1n) is 6.85. The van der Waals surface area contributed by atoms with Crippen molar-refractivity contribution < 1.29 is 4.39 Å². The van der Waals surface area contributed by atoms with Crippen molar-refractivity contribution in [1.29, 1.82) is 5.41 Å². The molecule has 0 spiro atoms. The van der Waals surface area contributed by atoms with Crippen molar-refractivity contribution >= 4 is 5.84 Å². The highest BCUT2D eigenvalue weighted by Crippen LogP contribution is 2.15. The fourth-order valence-corrected chi connectivity index (χ4v) is 2.18. The molecule has 0 aliphatic rings. The van der Waals surface area contributed by atoms with Gasteiger partial charge in [0.15, 0.2) is 0 Å². The number of rotatable bonds is 6. The standard InChI is InChI=1S/C16H19FN4/c1-2-21(11-14-5-3-4-8-20-14)10-12-6-7-13(17)9-15(12)16(18)19/h3-9H,2,10-11H2,1H3,(H3,18,19). The van der Waals surface area contributed by atoms with E-state index < -0.39 is 0 Å². The molecule has 2 rings (SSSR count). The number of nitrogen functional groups attached to an aromatic ring is 1. The summed E-state index contributed by atoms with van der Waals surface area (Å²) in [6.45, 7) is 4.18. The molecule has 1 aromatic carbocycles. The van der Waals surface area contributed by atoms with Gasteiger partial charge in [-0.15, -0.1) is 0 Å². The van der Waals surface area contributed by atoms with Gasteiger partial charge in [0.1, 0.15) is 11.7 Å². The maximum absolute atomic E-state index is 13.3. The van der Waals surface area contributed by atoms with Crippen LogP contribution in [0.2, 0.25) is 0 Å². The van der Waals surface area contributed by atoms with E-state index in [-0.39, 0.29) is 11.7 Å². The number of benzene rings is 1. The summed E-state index contributed by atoms with van der Waals surface area (Å²) < 4.78 is 13.3. The van der Waals surface area contributed by atoms with Crippen molar-refractivity contribution in [1.82, 2.24) is 9.88 Å². The lowest BCUT2D eigenvalue weighted by Crippen LogP contribution is -2.25. The summed E-state index contributed by atoms with van der Waals surface area (Å²) in [5.74, 6) is -0.491. The molecule has 21 heavy (non-hydrogen) atoms. The number of aromatic nitrogens is 1. The highest BCUT2D eigenvalue weighted by molar-refractivity contribution is 5.96. The summed E-state index contributed by atoms with van der Waals surface area (Å²) in [5, 5.41) is 7.58. The maximum Gasteiger partial charge on any atom is 0.123 e. The van der Waals surface area contributed by atoms with Crippen molar-refractivity contribution in [3.63, 3.8) is 0 Å². The molecule has 110 valence electrons. The highest BCUT2D eigenvalue weighted by Gasteiger charge is 2.11. The second-order valence-electron chi connectivity index (χ2n) is 4.84. The van der Waals surface area contributed by atoms with Gasteiger partial charge in [-0.2, -0.15) is 0 Å². The first kappa shape index (κ1) is 15.1. The fraction of sp³-hybridized carbons (Fsp3) is 0.250. The molecular weight excluding hydrogens is 267 g/mol. The predicted molar refractivity (Wildman–Crippen MR) is 81.4 cm³/mol. The molecule has 0 saturated heterocycles. The van der Waals surface area contributed by atoms with Crippen LogP contribution in [0, 0.1) is 11.2 Å². The second-order valence-corrected chi connectivity index (χ2v) is 4.84. The minimum atomic E-state index is -0.378. The largest absolute Gasteiger partial charge is 0.384 e. The monoisotopic (exact) mass is 286 g/mol. The number of nitrogens with one attached hydrogen (secondary N) is 1. The quantitative estimate of drug-likeness (QED) is 0.633. The smallest absolute Gasteiger partial charge is 0.123 e. The minimum Gasteiger partial charge on any atom is -0.384 e. The minimum absolute atomic E-state index is 0.113. The molecule has 0 aliphatic heterocycles. The lowest BCUT2D eigenvalue weighted by atomic mass is 10.1. The Bertz CT molecular complexity index is 613. The molecule has 0 aliphatic carbocycles. The molecule has 5 heteroatoms. The average Bonchev–Trinajstić information content (AvgIpc) is 2.49. The number of halogens is 1. The molecular formula is C16H19FN4. The van der Waals surface area contributed by atoms with Crippen LogP contribution in [0.25, 0.3) is 0 Å². The van der Waals surface area contributed by atoms with Crippen LogP contribution in [0.3, 0.4) is 0 Å². The zero-order valence-electron chi connectivity index (χ0n) is 12.0. The number of nitrogens with zero attached hydrogens (tertiary/aromatic N) is 2. The van der Waals surface area contributed by atoms with Gasteiger partial charge in [0, 0.05) is 24.8 Å². The van der Waals surface area contributed by atoms with Gasteiger partial charge in [-0.3, -0.25) is 15.3 Å². The molecule has 3 N–H and O–H groups in total. The molecule has 0 amide bonds. The summed E-state index contributed by atoms with van der Waals surface area (Å²) in [4.78, 5) is 6.48. The number of hydrogen-bond acceptors (Lipinski definition) is 3. The Hall–Kier alpha value is -2.27. The van der Waals surface area contributed by atoms with E-state index in [1.165, 1.54) is 12.1 Å². The Morgan fingerprint density at radius 1 is 1.29 bits per heavy atom. The van der Waals surface area contributed by atoms with Gasteiger partial charge in [-0.1, -0.05) is 19.1 Å². The zero-order chi connectivity index (χ0) is 15.2. The molecule has 4 nitrogen and oxygen atoms in total. The van der Waals surface area contributed by atoms with Gasteiger partial charge in [0.25, 0.3) is 0 Å². The van der Waals surface area contributed by atoms with Crippen LogP contribution in [0.15, 0.2) is 42.6 Å². The molecule has 0 atom stereocenters. The Labute approximate surface area is 123 Å². The number of nitrogens with two attached hydrogens (primary N) is 1. The average molecular weight is 286 g/mol. The lowest BCUT2D eigenvalue weighted by molar-refractivity contribution is 0.268. The Morgan fingerprint density at radius 2 is 2.10 bits per heavy atom. The van der Waals surface area contributed by atoms with Crippen LogP contribution in [0.4, 0.5) is 4.39 Å². The SMILES string of the molecule is CCN(Cc1ccccn1)Cc1ccc(F)cc1C(=N)N. The number of pyridine rings is 1. The van der Waals surface area contributed by atoms with Crippen molar-refractivity contribution in [2.24, 2.45) is 5.73 Å². The van der Waals surface area contributed by atoms with E-state index in [0.29, 0.717) is 18.7 Å². The van der Waals surface area contributed by atoms with E-state index in [1.807, 2.05) is 18.2 Å². The van der Waals surface area contributed by atoms with E-state index in [2.05, 4.69) is 16.8 Å². The maximum atomic E-state index is 13.3. The molecule has 0 bridgehead atoms. The summed E-state index contributed by atoms with van der Waals surface area (Å²) in [5.41, 5.74) is 7.82. The van der Waals surface area contributed by atoms with Gasteiger partial charge in [0.05, 0.1) is 5.69 Å². The second kappa shape index (κ2) is 6.95. The molecule has 0 radical (unpaired) electrons. The van der Waals surface area contributed by atoms with Crippen LogP contribution in [-0.4, -0.2) is 22.3 Å². The van der Waals surface area contributed by atoms with Gasteiger partial charge in [0.2, 0.25) is 0 Å². The van der Waals surface area contributed by atoms with Crippen molar-refractivity contribution in [2.45, 2.75) is 20.0 Å². The molecule has 0 unspecified atom stereocenters. The Kier molecular flexibility index (Phi) is 5.00. The topological polar surface area (TPSA) is 66.0 Å². The lowest BCUT2D eigenvalue weighted by Gasteiger charge is -2.21. The van der Waals surface area contributed by atoms with Crippen LogP contribution in [-0.2, 0) is 13.1 Å². The normalized spacial score (nSPS) is 10.8. The fourth-order valence-electron chi connectivity index (χ4n) is 2.18. The van der Waals surface area contributed by atoms with Gasteiger partial charge in [-0.05, 0) is 36.4 Å². The van der Waals surface area contributed by atoms with Gasteiger partial charge >= 0.3 is 0 Å². The Morgan fingerprint density at radius 3 is 2.71 bits per heavy atom. The van der Waals surface area contributed by atoms with Crippen LogP contribution < -0.4 is 5.73 Å². The predicted octanol–water partition coefficient (Wildman–Crippen LogP) is 2.53. The van der Waals surface area contributed by atoms with Crippen LogP contribution in [0.5, 0.6) is 0 Å². The molecule has 0 fully saturated rings. The van der Waals surface area contributed by atoms with E-state index in [9.17, 15) is 4.39 Å². The number of amidine groups is 1. The van der Waals surface area contributed by atoms with Crippen LogP contribution in [0.1, 0.15) is 23.7 Å². The van der Waals surface area contributed by atoms with E-state index >= 15 is 0 Å². The first-order chi connectivity index (χ1) is 10.1. The van der Waals surface area contributed by atoms with Crippen molar-refractivity contribution in [3.8, 4) is 0 Å². The van der Waals surface area contributed by atoms with Gasteiger partial charge < -0.3 is 5.73 Å². The summed E-state index contributed by atoms with van der Waals surface area (Å²) in [7, 11) is 0. The van der Waals surface area contributed by atoms with Gasteiger partial charge in [-0.25, -0.2) is 4.39 Å². The summed E-state index contributed by atoms with van der Waals surface area (Å²) >= 11 is 0. The third kappa shape index (κ3) is 4.10. The third-order valence-electron chi connectivity index (χ3n) is 3.32. The van der Waals surface area contributed by atoms with Crippen molar-refractivity contribution in [3.05, 3.63) is 65.2 Å². The number of hydrogen-bond donors (Lipinski definition) is 2. The molecule has 0 saturated carbocycles. The zero-order valence-corrected chi connectivity index (χ0v) is 12.0. The summed E-state index contributed by atoms with van der Waals surface area (Å²) in [6.07, 6.45) is 1.77. The van der Waals surface area contributed by atoms with E-state index in [0.717, 1.165) is 17.8 Å². The first-order valence-corrected chi connectivity index (χ1v) is 6.85. The van der Waals surface area contributed by atoms with E-state index in [1.54, 1.807) is 12.3 Å². The molecule has 2 aromatic rings. The van der Waals surface area contributed by atoms with Crippen LogP contribution >= 0.6 is 0 Å². The highest BCUT2D eigenvalue weighted by atomic mass is 19.1.